The zero-order valence-electron chi connectivity index (χ0n) is 14.7. The maximum Gasteiger partial charge on any atom is 0.345 e. The van der Waals surface area contributed by atoms with Gasteiger partial charge in [-0.05, 0) is 31.5 Å². The predicted octanol–water partition coefficient (Wildman–Crippen LogP) is 1.97. The molecule has 1 N–H and O–H groups in total. The highest BCUT2D eigenvalue weighted by atomic mass is 32.1. The molecule has 0 atom stereocenters. The van der Waals surface area contributed by atoms with Crippen molar-refractivity contribution >= 4 is 23.2 Å². The van der Waals surface area contributed by atoms with Crippen molar-refractivity contribution in [3.63, 3.8) is 0 Å². The van der Waals surface area contributed by atoms with Gasteiger partial charge in [0, 0.05) is 43.7 Å². The molecule has 1 amide bonds. The van der Waals surface area contributed by atoms with Crippen molar-refractivity contribution < 1.29 is 19.1 Å². The Kier molecular flexibility index (Phi) is 5.24. The summed E-state index contributed by atoms with van der Waals surface area (Å²) in [7, 11) is 0. The Morgan fingerprint density at radius 3 is 2.46 bits per heavy atom. The first kappa shape index (κ1) is 18.3. The van der Waals surface area contributed by atoms with Gasteiger partial charge in [-0.1, -0.05) is 0 Å². The first-order valence-electron chi connectivity index (χ1n) is 8.30. The minimum Gasteiger partial charge on any atom is -0.477 e. The van der Waals surface area contributed by atoms with Crippen molar-refractivity contribution in [2.45, 2.75) is 20.4 Å². The number of rotatable bonds is 4. The van der Waals surface area contributed by atoms with E-state index in [2.05, 4.69) is 4.90 Å². The summed E-state index contributed by atoms with van der Waals surface area (Å²) in [6.45, 7) is 6.63. The van der Waals surface area contributed by atoms with Gasteiger partial charge in [-0.25, -0.2) is 9.59 Å². The van der Waals surface area contributed by atoms with E-state index in [0.717, 1.165) is 4.88 Å². The van der Waals surface area contributed by atoms with Crippen molar-refractivity contribution in [3.05, 3.63) is 55.3 Å². The van der Waals surface area contributed by atoms with E-state index in [1.54, 1.807) is 24.8 Å². The molecule has 0 saturated carbocycles. The number of amides is 1. The highest BCUT2D eigenvalue weighted by Crippen LogP contribution is 2.20. The fourth-order valence-electron chi connectivity index (χ4n) is 3.14. The second-order valence-corrected chi connectivity index (χ2v) is 7.49. The fraction of sp³-hybridized carbons (Fsp3) is 0.389. The Hall–Kier alpha value is -2.45. The van der Waals surface area contributed by atoms with Gasteiger partial charge < -0.3 is 14.4 Å². The normalized spacial score (nSPS) is 15.2. The highest BCUT2D eigenvalue weighted by molar-refractivity contribution is 7.13. The van der Waals surface area contributed by atoms with Crippen LogP contribution in [0, 0.1) is 13.8 Å². The van der Waals surface area contributed by atoms with Gasteiger partial charge in [-0.2, -0.15) is 0 Å². The molecule has 0 aromatic carbocycles. The summed E-state index contributed by atoms with van der Waals surface area (Å²) in [5, 5.41) is 9.00. The molecule has 1 aliphatic heterocycles. The van der Waals surface area contributed by atoms with Crippen LogP contribution in [0.4, 0.5) is 0 Å². The molecule has 7 nitrogen and oxygen atoms in total. The SMILES string of the molecule is Cc1cc(=O)oc(C)c1C(=O)N1CCN(Cc2ccc(C(=O)O)s2)CC1. The Morgan fingerprint density at radius 1 is 1.19 bits per heavy atom. The van der Waals surface area contributed by atoms with Gasteiger partial charge in [-0.15, -0.1) is 11.3 Å². The van der Waals surface area contributed by atoms with Crippen LogP contribution >= 0.6 is 11.3 Å². The fourth-order valence-corrected chi connectivity index (χ4v) is 4.03. The number of nitrogens with zero attached hydrogens (tertiary/aromatic N) is 2. The van der Waals surface area contributed by atoms with Crippen molar-refractivity contribution in [2.75, 3.05) is 26.2 Å². The molecule has 0 bridgehead atoms. The lowest BCUT2D eigenvalue weighted by atomic mass is 10.1. The molecule has 1 saturated heterocycles. The van der Waals surface area contributed by atoms with E-state index < -0.39 is 11.6 Å². The molecular weight excluding hydrogens is 356 g/mol. The number of carboxylic acid groups (broad SMARTS) is 1. The van der Waals surface area contributed by atoms with Crippen LogP contribution in [-0.4, -0.2) is 53.0 Å². The van der Waals surface area contributed by atoms with Gasteiger partial charge in [0.1, 0.15) is 10.6 Å². The zero-order valence-corrected chi connectivity index (χ0v) is 15.5. The number of hydrogen-bond donors (Lipinski definition) is 1. The third kappa shape index (κ3) is 3.86. The Morgan fingerprint density at radius 2 is 1.88 bits per heavy atom. The molecule has 0 radical (unpaired) electrons. The summed E-state index contributed by atoms with van der Waals surface area (Å²) in [5.74, 6) is -0.674. The Labute approximate surface area is 154 Å². The van der Waals surface area contributed by atoms with E-state index in [0.29, 0.717) is 54.5 Å². The van der Waals surface area contributed by atoms with Gasteiger partial charge in [0.15, 0.2) is 0 Å². The summed E-state index contributed by atoms with van der Waals surface area (Å²) < 4.78 is 5.06. The van der Waals surface area contributed by atoms with E-state index in [1.165, 1.54) is 17.4 Å². The summed E-state index contributed by atoms with van der Waals surface area (Å²) in [6.07, 6.45) is 0. The van der Waals surface area contributed by atoms with Crippen LogP contribution in [0.25, 0.3) is 0 Å². The third-order valence-corrected chi connectivity index (χ3v) is 5.52. The van der Waals surface area contributed by atoms with E-state index >= 15 is 0 Å². The van der Waals surface area contributed by atoms with Gasteiger partial charge >= 0.3 is 11.6 Å². The standard InChI is InChI=1S/C18H20N2O5S/c1-11-9-15(21)25-12(2)16(11)17(22)20-7-5-19(6-8-20)10-13-3-4-14(26-13)18(23)24/h3-4,9H,5-8,10H2,1-2H3,(H,23,24). The summed E-state index contributed by atoms with van der Waals surface area (Å²) >= 11 is 1.28. The number of carbonyl (C=O) groups excluding carboxylic acids is 1. The highest BCUT2D eigenvalue weighted by Gasteiger charge is 2.25. The molecule has 138 valence electrons. The lowest BCUT2D eigenvalue weighted by molar-refractivity contribution is 0.0623. The number of thiophene rings is 1. The van der Waals surface area contributed by atoms with E-state index in [9.17, 15) is 14.4 Å². The summed E-state index contributed by atoms with van der Waals surface area (Å²) in [6, 6.07) is 4.80. The first-order valence-corrected chi connectivity index (χ1v) is 9.12. The number of hydrogen-bond acceptors (Lipinski definition) is 6. The minimum absolute atomic E-state index is 0.118. The molecule has 3 rings (SSSR count). The van der Waals surface area contributed by atoms with Crippen molar-refractivity contribution in [3.8, 4) is 0 Å². The van der Waals surface area contributed by atoms with Crippen LogP contribution in [0.3, 0.4) is 0 Å². The lowest BCUT2D eigenvalue weighted by Crippen LogP contribution is -2.48. The van der Waals surface area contributed by atoms with Crippen molar-refractivity contribution in [1.29, 1.82) is 0 Å². The van der Waals surface area contributed by atoms with Gasteiger partial charge in [0.05, 0.1) is 5.56 Å². The molecular formula is C18H20N2O5S. The topological polar surface area (TPSA) is 91.1 Å². The van der Waals surface area contributed by atoms with Crippen LogP contribution in [-0.2, 0) is 6.54 Å². The average molecular weight is 376 g/mol. The first-order chi connectivity index (χ1) is 12.3. The number of piperazine rings is 1. The van der Waals surface area contributed by atoms with Gasteiger partial charge in [0.25, 0.3) is 5.91 Å². The van der Waals surface area contributed by atoms with E-state index in [-0.39, 0.29) is 5.91 Å². The smallest absolute Gasteiger partial charge is 0.345 e. The molecule has 1 fully saturated rings. The Bertz CT molecular complexity index is 867. The van der Waals surface area contributed by atoms with Gasteiger partial charge in [-0.3, -0.25) is 9.69 Å². The van der Waals surface area contributed by atoms with Crippen LogP contribution in [0.1, 0.15) is 36.2 Å². The molecule has 1 aliphatic rings. The molecule has 0 aliphatic carbocycles. The maximum atomic E-state index is 12.8. The second-order valence-electron chi connectivity index (χ2n) is 6.32. The number of aromatic carboxylic acids is 1. The molecule has 8 heteroatoms. The van der Waals surface area contributed by atoms with Crippen molar-refractivity contribution in [1.82, 2.24) is 9.80 Å². The van der Waals surface area contributed by atoms with Gasteiger partial charge in [0.2, 0.25) is 0 Å². The van der Waals surface area contributed by atoms with Crippen LogP contribution < -0.4 is 5.63 Å². The average Bonchev–Trinajstić information content (AvgIpc) is 3.03. The van der Waals surface area contributed by atoms with E-state index in [1.807, 2.05) is 6.07 Å². The predicted molar refractivity (Wildman–Crippen MR) is 96.9 cm³/mol. The lowest BCUT2D eigenvalue weighted by Gasteiger charge is -2.34. The van der Waals surface area contributed by atoms with Crippen LogP contribution in [0.15, 0.2) is 27.4 Å². The minimum atomic E-state index is -0.906. The zero-order chi connectivity index (χ0) is 18.8. The summed E-state index contributed by atoms with van der Waals surface area (Å²) in [4.78, 5) is 40.4. The molecule has 2 aromatic heterocycles. The quantitative estimate of drug-likeness (QED) is 0.877. The molecule has 26 heavy (non-hydrogen) atoms. The number of carbonyl (C=O) groups is 2. The number of carboxylic acids is 1. The summed E-state index contributed by atoms with van der Waals surface area (Å²) in [5.41, 5.74) is 0.645. The Balaban J connectivity index is 1.62. The monoisotopic (exact) mass is 376 g/mol. The molecule has 0 unspecified atom stereocenters. The van der Waals surface area contributed by atoms with Crippen LogP contribution in [0.5, 0.6) is 0 Å². The number of aryl methyl sites for hydroxylation is 2. The largest absolute Gasteiger partial charge is 0.477 e. The van der Waals surface area contributed by atoms with E-state index in [4.69, 9.17) is 9.52 Å². The maximum absolute atomic E-state index is 12.8. The molecule has 2 aromatic rings. The van der Waals surface area contributed by atoms with Crippen LogP contribution in [0.2, 0.25) is 0 Å². The molecule has 3 heterocycles. The third-order valence-electron chi connectivity index (χ3n) is 4.46. The molecule has 0 spiro atoms. The van der Waals surface area contributed by atoms with Crippen molar-refractivity contribution in [2.24, 2.45) is 0 Å². The second kappa shape index (κ2) is 7.43.